The van der Waals surface area contributed by atoms with Crippen molar-refractivity contribution in [3.05, 3.63) is 70.0 Å². The molecule has 6 aliphatic rings. The number of benzene rings is 1. The monoisotopic (exact) mass is 977 g/mol. The maximum absolute atomic E-state index is 15.5. The minimum Gasteiger partial charge on any atom is -0.383 e. The van der Waals surface area contributed by atoms with Gasteiger partial charge in [-0.2, -0.15) is 0 Å². The Bertz CT molecular complexity index is 2560. The van der Waals surface area contributed by atoms with Gasteiger partial charge >= 0.3 is 11.7 Å². The molecule has 3 aliphatic carbocycles. The Balaban J connectivity index is 1.12. The molecule has 2 unspecified atom stereocenters. The standard InChI is InChI=1S/C52H69N11O8/c1-31-12-10-16-37-43(31)33(30-57-37)27-39-44(64)58-38(18-22-54-50(70)55-23-25-71-3)47(67)62-24-11-17-41(62)48(68)63-42(28-34-13-6-7-21-52(34,63)53-2)46(66)59-40(26-32-29-56-36-15-5-4-14-35(32)36)45(65)61-51(49(69)60-39)19-8-9-20-51/h2,4-5,10,14-16,29-31,34,38-42,49,56-57,60,69H,6-9,11-13,17-28H2,1,3H3,(H4-,54,55,58,59,61,64,65,66,70)/p+1/t31?,34-,38-,39-,40-,41+,42-,49?,52-/m0/s1. The van der Waals surface area contributed by atoms with Gasteiger partial charge in [-0.05, 0) is 99.0 Å². The summed E-state index contributed by atoms with van der Waals surface area (Å²) in [6.45, 7) is 9.19. The minimum atomic E-state index is -1.45. The zero-order chi connectivity index (χ0) is 49.9. The number of aliphatic hydroxyl groups excluding tert-OH is 1. The van der Waals surface area contributed by atoms with E-state index in [1.807, 2.05) is 42.7 Å². The molecule has 19 heteroatoms. The van der Waals surface area contributed by atoms with E-state index >= 15 is 24.0 Å². The molecule has 2 saturated carbocycles. The second kappa shape index (κ2) is 21.2. The van der Waals surface area contributed by atoms with E-state index in [0.717, 1.165) is 52.5 Å². The van der Waals surface area contributed by atoms with Crippen LogP contribution in [0.3, 0.4) is 0 Å². The van der Waals surface area contributed by atoms with Crippen LogP contribution < -0.4 is 31.9 Å². The highest BCUT2D eigenvalue weighted by Crippen LogP contribution is 2.50. The summed E-state index contributed by atoms with van der Waals surface area (Å²) in [6, 6.07) is 1.61. The van der Waals surface area contributed by atoms with E-state index in [9.17, 15) is 9.90 Å². The number of hydrogen-bond donors (Lipinski definition) is 9. The second-order valence-electron chi connectivity index (χ2n) is 20.6. The summed E-state index contributed by atoms with van der Waals surface area (Å²) in [7, 11) is 1.52. The smallest absolute Gasteiger partial charge is 0.361 e. The summed E-state index contributed by atoms with van der Waals surface area (Å²) in [5, 5.41) is 31.5. The number of aromatic amines is 2. The van der Waals surface area contributed by atoms with Crippen molar-refractivity contribution in [3.63, 3.8) is 0 Å². The van der Waals surface area contributed by atoms with Crippen LogP contribution in [0.1, 0.15) is 119 Å². The second-order valence-corrected chi connectivity index (χ2v) is 20.6. The summed E-state index contributed by atoms with van der Waals surface area (Å²) in [5.74, 6) is -2.75. The zero-order valence-corrected chi connectivity index (χ0v) is 40.9. The van der Waals surface area contributed by atoms with E-state index in [0.29, 0.717) is 51.6 Å². The van der Waals surface area contributed by atoms with Crippen molar-refractivity contribution >= 4 is 52.5 Å². The number of para-hydroxylation sites is 1. The van der Waals surface area contributed by atoms with Gasteiger partial charge in [-0.25, -0.2) is 4.79 Å². The van der Waals surface area contributed by atoms with Crippen molar-refractivity contribution in [2.45, 2.75) is 157 Å². The lowest BCUT2D eigenvalue weighted by atomic mass is 9.79. The predicted molar refractivity (Wildman–Crippen MR) is 266 cm³/mol. The summed E-state index contributed by atoms with van der Waals surface area (Å²) in [5.41, 5.74) is 2.00. The molecule has 3 aliphatic heterocycles. The summed E-state index contributed by atoms with van der Waals surface area (Å²) < 4.78 is 5.06. The molecule has 19 nitrogen and oxygen atoms in total. The molecule has 5 fully saturated rings. The third kappa shape index (κ3) is 9.90. The van der Waals surface area contributed by atoms with Crippen LogP contribution in [0.25, 0.3) is 21.8 Å². The first kappa shape index (κ1) is 49.7. The van der Waals surface area contributed by atoms with E-state index in [1.165, 1.54) is 16.9 Å². The summed E-state index contributed by atoms with van der Waals surface area (Å²) >= 11 is 0. The number of rotatable bonds is 10. The summed E-state index contributed by atoms with van der Waals surface area (Å²) in [4.78, 5) is 103. The molecule has 2 aromatic heterocycles. The number of urea groups is 1. The third-order valence-corrected chi connectivity index (χ3v) is 16.3. The van der Waals surface area contributed by atoms with Crippen LogP contribution in [0.2, 0.25) is 0 Å². The molecule has 1 spiro atoms. The lowest BCUT2D eigenvalue weighted by molar-refractivity contribution is -0.152. The number of nitrogens with one attached hydrogen (secondary N) is 8. The number of fused-ring (bicyclic) bond motifs is 6. The van der Waals surface area contributed by atoms with Crippen LogP contribution in [0.4, 0.5) is 4.79 Å². The van der Waals surface area contributed by atoms with Crippen molar-refractivity contribution in [3.8, 4) is 6.57 Å². The van der Waals surface area contributed by atoms with Gasteiger partial charge in [0.05, 0.1) is 30.5 Å². The average molecular weight is 977 g/mol. The van der Waals surface area contributed by atoms with Crippen LogP contribution in [0.5, 0.6) is 0 Å². The van der Waals surface area contributed by atoms with Gasteiger partial charge in [0.15, 0.2) is 0 Å². The Labute approximate surface area is 414 Å². The molecule has 0 bridgehead atoms. The van der Waals surface area contributed by atoms with E-state index in [2.05, 4.69) is 59.7 Å². The SMILES string of the molecule is C#[N+][C@]12CCCC[C@H]1C[C@H]1C(=O)N[C@@H](Cc3c[nH]c4ccccc34)C(=O)NC3(CCCC3)C(O)N[C@@H](Cc3c[nH]c4c3C(C)CC=C4)C(=O)N[C@@H](CCNC(=O)NCCOC)C(=O)N3CCC[C@@H]3C(=O)N12. The number of carbonyl (C=O) groups excluding carboxylic acids is 6. The Morgan fingerprint density at radius 2 is 1.61 bits per heavy atom. The predicted octanol–water partition coefficient (Wildman–Crippen LogP) is 3.27. The lowest BCUT2D eigenvalue weighted by Crippen LogP contribution is -2.67. The van der Waals surface area contributed by atoms with Crippen molar-refractivity contribution in [2.24, 2.45) is 5.92 Å². The van der Waals surface area contributed by atoms with Crippen molar-refractivity contribution in [1.29, 1.82) is 0 Å². The van der Waals surface area contributed by atoms with Gasteiger partial charge in [-0.3, -0.25) is 34.2 Å². The highest BCUT2D eigenvalue weighted by molar-refractivity contribution is 5.98. The third-order valence-electron chi connectivity index (χ3n) is 16.3. The molecule has 0 radical (unpaired) electrons. The number of H-pyrrole nitrogens is 2. The highest BCUT2D eigenvalue weighted by Gasteiger charge is 2.67. The molecule has 1 aromatic carbocycles. The first-order valence-electron chi connectivity index (χ1n) is 25.7. The lowest BCUT2D eigenvalue weighted by Gasteiger charge is -2.40. The zero-order valence-electron chi connectivity index (χ0n) is 40.9. The Morgan fingerprint density at radius 3 is 2.41 bits per heavy atom. The minimum absolute atomic E-state index is 0.0160. The molecule has 3 saturated heterocycles. The van der Waals surface area contributed by atoms with Gasteiger partial charge in [0.25, 0.3) is 12.5 Å². The van der Waals surface area contributed by atoms with Crippen LogP contribution in [-0.4, -0.2) is 141 Å². The van der Waals surface area contributed by atoms with Gasteiger partial charge in [0.2, 0.25) is 23.6 Å². The normalized spacial score (nSPS) is 30.1. The van der Waals surface area contributed by atoms with Gasteiger partial charge in [-0.1, -0.05) is 55.3 Å². The number of ether oxygens (including phenoxy) is 1. The Kier molecular flexibility index (Phi) is 14.9. The van der Waals surface area contributed by atoms with Crippen LogP contribution in [0, 0.1) is 12.5 Å². The molecular formula is C52H70N11O8+. The number of allylic oxidation sites excluding steroid dienone is 1. The molecule has 3 aromatic rings. The fraction of sp³-hybridized carbons (Fsp3) is 0.596. The number of amides is 7. The highest BCUT2D eigenvalue weighted by atomic mass is 16.5. The molecule has 9 N–H and O–H groups in total. The van der Waals surface area contributed by atoms with Crippen LogP contribution >= 0.6 is 0 Å². The number of aliphatic hydroxyl groups is 1. The molecule has 380 valence electrons. The number of hydrogen-bond acceptors (Lipinski definition) is 9. The largest absolute Gasteiger partial charge is 0.383 e. The van der Waals surface area contributed by atoms with Gasteiger partial charge < -0.3 is 51.3 Å². The maximum Gasteiger partial charge on any atom is 0.361 e. The Morgan fingerprint density at radius 1 is 0.859 bits per heavy atom. The topological polar surface area (TPSA) is 246 Å². The van der Waals surface area contributed by atoms with Crippen molar-refractivity contribution in [1.82, 2.24) is 51.7 Å². The maximum atomic E-state index is 15.5. The van der Waals surface area contributed by atoms with Crippen molar-refractivity contribution in [2.75, 3.05) is 33.4 Å². The van der Waals surface area contributed by atoms with E-state index < -0.39 is 83.2 Å². The van der Waals surface area contributed by atoms with Crippen LogP contribution in [0.15, 0.2) is 42.7 Å². The molecule has 5 heterocycles. The number of nitrogens with zero attached hydrogens (tertiary/aromatic N) is 3. The molecule has 71 heavy (non-hydrogen) atoms. The van der Waals surface area contributed by atoms with Gasteiger partial charge in [0.1, 0.15) is 30.4 Å². The molecule has 7 amide bonds. The fourth-order valence-electron chi connectivity index (χ4n) is 12.6. The number of aromatic nitrogens is 2. The Hall–Kier alpha value is -6.23. The summed E-state index contributed by atoms with van der Waals surface area (Å²) in [6.07, 6.45) is 13.1. The molecule has 9 atom stereocenters. The molecular weight excluding hydrogens is 907 g/mol. The van der Waals surface area contributed by atoms with E-state index in [-0.39, 0.29) is 63.6 Å². The molecule has 9 rings (SSSR count). The van der Waals surface area contributed by atoms with E-state index in [4.69, 9.17) is 11.3 Å². The van der Waals surface area contributed by atoms with Gasteiger partial charge in [0, 0.05) is 62.2 Å². The van der Waals surface area contributed by atoms with E-state index in [1.54, 1.807) is 0 Å². The quantitative estimate of drug-likeness (QED) is 0.135. The number of methoxy groups -OCH3 is 1. The fourth-order valence-corrected chi connectivity index (χ4v) is 12.6. The average Bonchev–Trinajstić information content (AvgIpc) is 4.23. The first-order valence-corrected chi connectivity index (χ1v) is 25.7. The first-order chi connectivity index (χ1) is 34.4. The van der Waals surface area contributed by atoms with Gasteiger partial charge in [-0.15, -0.1) is 0 Å². The van der Waals surface area contributed by atoms with Crippen molar-refractivity contribution < 1.29 is 38.6 Å². The number of carbonyl (C=O) groups is 6. The van der Waals surface area contributed by atoms with Crippen LogP contribution in [-0.2, 0) is 41.6 Å².